The van der Waals surface area contributed by atoms with Crippen molar-refractivity contribution < 1.29 is 9.53 Å². The first-order valence-electron chi connectivity index (χ1n) is 11.1. The summed E-state index contributed by atoms with van der Waals surface area (Å²) in [6.07, 6.45) is -0.541. The quantitative estimate of drug-likeness (QED) is 0.509. The molecule has 5 heteroatoms. The van der Waals surface area contributed by atoms with Gasteiger partial charge in [0.15, 0.2) is 6.10 Å². The largest absolute Gasteiger partial charge is 0.481 e. The number of nitrogens with zero attached hydrogens (tertiary/aromatic N) is 2. The number of rotatable bonds is 6. The first-order valence-corrected chi connectivity index (χ1v) is 11.5. The SMILES string of the molecule is Cc1cc(OC(C)C(=O)N2CCN(C(c3ccccc3)c3ccccc3)CC2)ccc1Cl. The molecule has 1 atom stereocenters. The van der Waals surface area contributed by atoms with Crippen LogP contribution in [0.2, 0.25) is 5.02 Å². The van der Waals surface area contributed by atoms with Gasteiger partial charge in [0.1, 0.15) is 5.75 Å². The van der Waals surface area contributed by atoms with Crippen molar-refractivity contribution in [3.8, 4) is 5.75 Å². The van der Waals surface area contributed by atoms with Crippen LogP contribution in [0.5, 0.6) is 5.75 Å². The second kappa shape index (κ2) is 10.2. The Morgan fingerprint density at radius 2 is 1.44 bits per heavy atom. The maximum atomic E-state index is 13.0. The lowest BCUT2D eigenvalue weighted by Gasteiger charge is -2.40. The van der Waals surface area contributed by atoms with Crippen molar-refractivity contribution in [2.24, 2.45) is 0 Å². The number of aryl methyl sites for hydroxylation is 1. The molecule has 1 amide bonds. The number of carbonyl (C=O) groups excluding carboxylic acids is 1. The lowest BCUT2D eigenvalue weighted by atomic mass is 9.96. The Balaban J connectivity index is 1.41. The molecule has 0 radical (unpaired) electrons. The number of amides is 1. The van der Waals surface area contributed by atoms with Gasteiger partial charge in [0.25, 0.3) is 5.91 Å². The van der Waals surface area contributed by atoms with E-state index in [0.717, 1.165) is 18.7 Å². The number of carbonyl (C=O) groups is 1. The molecule has 1 fully saturated rings. The predicted octanol–water partition coefficient (Wildman–Crippen LogP) is 5.35. The van der Waals surface area contributed by atoms with Gasteiger partial charge in [-0.3, -0.25) is 9.69 Å². The molecule has 0 saturated carbocycles. The van der Waals surface area contributed by atoms with Crippen molar-refractivity contribution in [1.82, 2.24) is 9.80 Å². The molecule has 0 aliphatic carbocycles. The summed E-state index contributed by atoms with van der Waals surface area (Å²) in [4.78, 5) is 17.4. The van der Waals surface area contributed by atoms with Crippen LogP contribution in [0, 0.1) is 6.92 Å². The highest BCUT2D eigenvalue weighted by Gasteiger charge is 2.30. The molecule has 166 valence electrons. The van der Waals surface area contributed by atoms with Gasteiger partial charge < -0.3 is 9.64 Å². The Morgan fingerprint density at radius 3 is 1.97 bits per heavy atom. The number of halogens is 1. The third-order valence-corrected chi connectivity index (χ3v) is 6.44. The zero-order valence-corrected chi connectivity index (χ0v) is 19.3. The number of piperazine rings is 1. The molecule has 4 nitrogen and oxygen atoms in total. The van der Waals surface area contributed by atoms with Crippen molar-refractivity contribution in [2.75, 3.05) is 26.2 Å². The fourth-order valence-corrected chi connectivity index (χ4v) is 4.40. The number of hydrogen-bond acceptors (Lipinski definition) is 3. The Morgan fingerprint density at radius 1 is 0.875 bits per heavy atom. The summed E-state index contributed by atoms with van der Waals surface area (Å²) < 4.78 is 5.91. The van der Waals surface area contributed by atoms with Crippen LogP contribution >= 0.6 is 11.6 Å². The minimum atomic E-state index is -0.541. The molecule has 1 aliphatic heterocycles. The normalized spacial score (nSPS) is 15.6. The van der Waals surface area contributed by atoms with Gasteiger partial charge in [0, 0.05) is 31.2 Å². The maximum absolute atomic E-state index is 13.0. The fourth-order valence-electron chi connectivity index (χ4n) is 4.29. The first-order chi connectivity index (χ1) is 15.5. The second-order valence-electron chi connectivity index (χ2n) is 8.26. The number of benzene rings is 3. The number of ether oxygens (including phenoxy) is 1. The summed E-state index contributed by atoms with van der Waals surface area (Å²) in [7, 11) is 0. The highest BCUT2D eigenvalue weighted by Crippen LogP contribution is 2.29. The molecule has 0 spiro atoms. The van der Waals surface area contributed by atoms with Gasteiger partial charge in [0.05, 0.1) is 6.04 Å². The summed E-state index contributed by atoms with van der Waals surface area (Å²) in [5.41, 5.74) is 3.48. The molecule has 1 unspecified atom stereocenters. The summed E-state index contributed by atoms with van der Waals surface area (Å²) in [5.74, 6) is 0.688. The van der Waals surface area contributed by atoms with E-state index in [4.69, 9.17) is 16.3 Å². The minimum Gasteiger partial charge on any atom is -0.481 e. The van der Waals surface area contributed by atoms with Crippen molar-refractivity contribution in [1.29, 1.82) is 0 Å². The van der Waals surface area contributed by atoms with Crippen LogP contribution in [0.4, 0.5) is 0 Å². The highest BCUT2D eigenvalue weighted by atomic mass is 35.5. The number of hydrogen-bond donors (Lipinski definition) is 0. The van der Waals surface area contributed by atoms with E-state index in [2.05, 4.69) is 53.4 Å². The molecule has 3 aromatic carbocycles. The second-order valence-corrected chi connectivity index (χ2v) is 8.66. The Labute approximate surface area is 195 Å². The fraction of sp³-hybridized carbons (Fsp3) is 0.296. The van der Waals surface area contributed by atoms with Crippen molar-refractivity contribution in [3.63, 3.8) is 0 Å². The maximum Gasteiger partial charge on any atom is 0.263 e. The molecule has 32 heavy (non-hydrogen) atoms. The van der Waals surface area contributed by atoms with E-state index in [0.29, 0.717) is 23.9 Å². The highest BCUT2D eigenvalue weighted by molar-refractivity contribution is 6.31. The van der Waals surface area contributed by atoms with Crippen molar-refractivity contribution in [2.45, 2.75) is 26.0 Å². The standard InChI is InChI=1S/C27H29ClN2O2/c1-20-19-24(13-14-25(20)28)32-21(2)27(31)30-17-15-29(16-18-30)26(22-9-5-3-6-10-22)23-11-7-4-8-12-23/h3-14,19,21,26H,15-18H2,1-2H3. The predicted molar refractivity (Wildman–Crippen MR) is 129 cm³/mol. The van der Waals surface area contributed by atoms with Crippen LogP contribution in [-0.2, 0) is 4.79 Å². The van der Waals surface area contributed by atoms with Gasteiger partial charge >= 0.3 is 0 Å². The molecule has 4 rings (SSSR count). The molecule has 1 saturated heterocycles. The van der Waals surface area contributed by atoms with Gasteiger partial charge in [-0.2, -0.15) is 0 Å². The third-order valence-electron chi connectivity index (χ3n) is 6.01. The van der Waals surface area contributed by atoms with E-state index in [-0.39, 0.29) is 11.9 Å². The van der Waals surface area contributed by atoms with Crippen molar-refractivity contribution >= 4 is 17.5 Å². The molecule has 0 aromatic heterocycles. The Bertz CT molecular complexity index is 995. The molecule has 3 aromatic rings. The van der Waals surface area contributed by atoms with Gasteiger partial charge in [0.2, 0.25) is 0 Å². The van der Waals surface area contributed by atoms with Gasteiger partial charge in [-0.15, -0.1) is 0 Å². The van der Waals surface area contributed by atoms with Crippen LogP contribution in [0.15, 0.2) is 78.9 Å². The van der Waals surface area contributed by atoms with Crippen molar-refractivity contribution in [3.05, 3.63) is 101 Å². The third kappa shape index (κ3) is 5.14. The van der Waals surface area contributed by atoms with Crippen LogP contribution in [0.3, 0.4) is 0 Å². The summed E-state index contributed by atoms with van der Waals surface area (Å²) in [6, 6.07) is 26.8. The smallest absolute Gasteiger partial charge is 0.263 e. The van der Waals surface area contributed by atoms with E-state index < -0.39 is 6.10 Å². The van der Waals surface area contributed by atoms with Crippen LogP contribution in [-0.4, -0.2) is 48.0 Å². The molecule has 1 aliphatic rings. The van der Waals surface area contributed by atoms with Gasteiger partial charge in [-0.1, -0.05) is 72.3 Å². The summed E-state index contributed by atoms with van der Waals surface area (Å²) in [5, 5.41) is 0.693. The first kappa shape index (κ1) is 22.4. The van der Waals surface area contributed by atoms with Crippen LogP contribution < -0.4 is 4.74 Å². The lowest BCUT2D eigenvalue weighted by Crippen LogP contribution is -2.52. The zero-order chi connectivity index (χ0) is 22.5. The van der Waals surface area contributed by atoms with E-state index in [9.17, 15) is 4.79 Å². The van der Waals surface area contributed by atoms with E-state index in [1.54, 1.807) is 12.1 Å². The molecular formula is C27H29ClN2O2. The topological polar surface area (TPSA) is 32.8 Å². The van der Waals surface area contributed by atoms with E-state index in [1.165, 1.54) is 11.1 Å². The Kier molecular flexibility index (Phi) is 7.13. The van der Waals surface area contributed by atoms with Crippen LogP contribution in [0.25, 0.3) is 0 Å². The molecule has 1 heterocycles. The van der Waals surface area contributed by atoms with E-state index in [1.807, 2.05) is 36.9 Å². The monoisotopic (exact) mass is 448 g/mol. The summed E-state index contributed by atoms with van der Waals surface area (Å²) in [6.45, 7) is 6.73. The minimum absolute atomic E-state index is 0.0215. The van der Waals surface area contributed by atoms with E-state index >= 15 is 0 Å². The molecule has 0 bridgehead atoms. The molecular weight excluding hydrogens is 420 g/mol. The average Bonchev–Trinajstić information content (AvgIpc) is 2.83. The summed E-state index contributed by atoms with van der Waals surface area (Å²) >= 11 is 6.09. The average molecular weight is 449 g/mol. The zero-order valence-electron chi connectivity index (χ0n) is 18.6. The van der Waals surface area contributed by atoms with Gasteiger partial charge in [-0.25, -0.2) is 0 Å². The Hall–Kier alpha value is -2.82. The van der Waals surface area contributed by atoms with Gasteiger partial charge in [-0.05, 0) is 48.7 Å². The molecule has 0 N–H and O–H groups in total. The lowest BCUT2D eigenvalue weighted by molar-refractivity contribution is -0.140. The van der Waals surface area contributed by atoms with Crippen LogP contribution in [0.1, 0.15) is 29.7 Å².